The lowest BCUT2D eigenvalue weighted by Gasteiger charge is -2.17. The molecule has 1 fully saturated rings. The molecule has 1 saturated heterocycles. The van der Waals surface area contributed by atoms with Gasteiger partial charge in [-0.3, -0.25) is 9.59 Å². The lowest BCUT2D eigenvalue weighted by atomic mass is 9.96. The zero-order valence-corrected chi connectivity index (χ0v) is 16.7. The number of rotatable bonds is 3. The summed E-state index contributed by atoms with van der Waals surface area (Å²) < 4.78 is 13.2. The maximum Gasteiger partial charge on any atom is 0.247 e. The largest absolute Gasteiger partial charge is 0.274 e. The van der Waals surface area contributed by atoms with Crippen LogP contribution in [0.3, 0.4) is 0 Å². The molecule has 1 atom stereocenters. The minimum absolute atomic E-state index is 0.0323. The summed E-state index contributed by atoms with van der Waals surface area (Å²) in [5.41, 5.74) is 2.93. The highest BCUT2D eigenvalue weighted by atomic mass is 32.2. The smallest absolute Gasteiger partial charge is 0.247 e. The van der Waals surface area contributed by atoms with Crippen LogP contribution in [0.4, 0.5) is 10.1 Å². The van der Waals surface area contributed by atoms with Crippen molar-refractivity contribution in [2.75, 3.05) is 4.90 Å². The number of pyridine rings is 1. The Labute approximate surface area is 172 Å². The van der Waals surface area contributed by atoms with Crippen LogP contribution in [0.5, 0.6) is 0 Å². The van der Waals surface area contributed by atoms with Crippen LogP contribution in [0.15, 0.2) is 35.4 Å². The monoisotopic (exact) mass is 409 g/mol. The first kappa shape index (κ1) is 19.6. The number of carbonyl (C=O) groups is 2. The SMILES string of the molecule is N#Cc1cc2c(nc1SC1CC(=O)N(c3ccc(F)cc3)C1=O)CCCCCC2. The average molecular weight is 409 g/mol. The summed E-state index contributed by atoms with van der Waals surface area (Å²) in [6.07, 6.45) is 6.34. The second-order valence-corrected chi connectivity index (χ2v) is 8.52. The number of aryl methyl sites for hydroxylation is 2. The lowest BCUT2D eigenvalue weighted by molar-refractivity contribution is -0.121. The first-order valence-electron chi connectivity index (χ1n) is 9.78. The molecule has 1 aliphatic carbocycles. The number of carbonyl (C=O) groups excluding carboxylic acids is 2. The number of imide groups is 1. The summed E-state index contributed by atoms with van der Waals surface area (Å²) in [5, 5.41) is 9.47. The Hall–Kier alpha value is -2.72. The van der Waals surface area contributed by atoms with Gasteiger partial charge >= 0.3 is 0 Å². The number of nitrogens with zero attached hydrogens (tertiary/aromatic N) is 3. The van der Waals surface area contributed by atoms with Crippen molar-refractivity contribution >= 4 is 29.3 Å². The first-order valence-corrected chi connectivity index (χ1v) is 10.7. The third-order valence-corrected chi connectivity index (χ3v) is 6.52. The van der Waals surface area contributed by atoms with E-state index >= 15 is 0 Å². The number of aromatic nitrogens is 1. The first-order chi connectivity index (χ1) is 14.1. The number of thioether (sulfide) groups is 1. The zero-order chi connectivity index (χ0) is 20.4. The second kappa shape index (κ2) is 8.34. The molecule has 4 rings (SSSR count). The third-order valence-electron chi connectivity index (χ3n) is 5.33. The normalized spacial score (nSPS) is 19.4. The minimum atomic E-state index is -0.640. The Morgan fingerprint density at radius 2 is 1.83 bits per heavy atom. The molecule has 5 nitrogen and oxygen atoms in total. The fourth-order valence-electron chi connectivity index (χ4n) is 3.83. The van der Waals surface area contributed by atoms with Crippen LogP contribution in [0.25, 0.3) is 0 Å². The van der Waals surface area contributed by atoms with Gasteiger partial charge in [-0.05, 0) is 61.6 Å². The van der Waals surface area contributed by atoms with Crippen molar-refractivity contribution in [2.45, 2.75) is 55.2 Å². The number of amides is 2. The van der Waals surface area contributed by atoms with Crippen LogP contribution in [0.2, 0.25) is 0 Å². The standard InChI is InChI=1S/C22H20FN3O2S/c23-16-7-9-17(10-8-16)26-20(27)12-19(22(26)28)29-21-15(13-24)11-14-5-3-1-2-4-6-18(14)25-21/h7-11,19H,1-6,12H2. The van der Waals surface area contributed by atoms with Gasteiger partial charge in [-0.1, -0.05) is 24.6 Å². The van der Waals surface area contributed by atoms with E-state index in [2.05, 4.69) is 6.07 Å². The molecular weight excluding hydrogens is 389 g/mol. The van der Waals surface area contributed by atoms with E-state index in [1.165, 1.54) is 48.9 Å². The van der Waals surface area contributed by atoms with Crippen molar-refractivity contribution in [3.05, 3.63) is 53.0 Å². The highest BCUT2D eigenvalue weighted by molar-refractivity contribution is 8.00. The summed E-state index contributed by atoms with van der Waals surface area (Å²) in [7, 11) is 0. The molecule has 0 saturated carbocycles. The highest BCUT2D eigenvalue weighted by Gasteiger charge is 2.40. The van der Waals surface area contributed by atoms with Gasteiger partial charge in [0.15, 0.2) is 0 Å². The molecule has 2 aromatic rings. The van der Waals surface area contributed by atoms with Gasteiger partial charge in [0.05, 0.1) is 16.5 Å². The molecule has 29 heavy (non-hydrogen) atoms. The number of hydrogen-bond acceptors (Lipinski definition) is 5. The van der Waals surface area contributed by atoms with Crippen molar-refractivity contribution in [3.63, 3.8) is 0 Å². The Morgan fingerprint density at radius 1 is 1.10 bits per heavy atom. The van der Waals surface area contributed by atoms with Crippen molar-refractivity contribution in [2.24, 2.45) is 0 Å². The van der Waals surface area contributed by atoms with Gasteiger partial charge in [-0.15, -0.1) is 0 Å². The molecule has 1 aliphatic heterocycles. The van der Waals surface area contributed by atoms with Gasteiger partial charge in [0.2, 0.25) is 11.8 Å². The summed E-state index contributed by atoms with van der Waals surface area (Å²) >= 11 is 1.18. The maximum absolute atomic E-state index is 13.2. The molecule has 1 aromatic carbocycles. The Morgan fingerprint density at radius 3 is 2.55 bits per heavy atom. The van der Waals surface area contributed by atoms with E-state index in [1.54, 1.807) is 0 Å². The molecular formula is C22H20FN3O2S. The molecule has 0 spiro atoms. The minimum Gasteiger partial charge on any atom is -0.274 e. The van der Waals surface area contributed by atoms with Gasteiger partial charge in [0, 0.05) is 12.1 Å². The maximum atomic E-state index is 13.2. The zero-order valence-electron chi connectivity index (χ0n) is 15.9. The van der Waals surface area contributed by atoms with Crippen molar-refractivity contribution in [3.8, 4) is 6.07 Å². The van der Waals surface area contributed by atoms with E-state index < -0.39 is 11.1 Å². The molecule has 2 aliphatic rings. The van der Waals surface area contributed by atoms with Crippen molar-refractivity contribution in [1.29, 1.82) is 5.26 Å². The van der Waals surface area contributed by atoms with Crippen molar-refractivity contribution in [1.82, 2.24) is 4.98 Å². The van der Waals surface area contributed by atoms with Crippen LogP contribution < -0.4 is 4.90 Å². The van der Waals surface area contributed by atoms with E-state index in [1.807, 2.05) is 6.07 Å². The highest BCUT2D eigenvalue weighted by Crippen LogP contribution is 2.35. The van der Waals surface area contributed by atoms with Crippen LogP contribution in [-0.2, 0) is 22.4 Å². The molecule has 2 amide bonds. The van der Waals surface area contributed by atoms with Crippen LogP contribution in [-0.4, -0.2) is 22.0 Å². The molecule has 1 aromatic heterocycles. The quantitative estimate of drug-likeness (QED) is 0.711. The predicted molar refractivity (Wildman–Crippen MR) is 108 cm³/mol. The van der Waals surface area contributed by atoms with E-state index in [0.717, 1.165) is 41.8 Å². The number of halogens is 1. The van der Waals surface area contributed by atoms with Gasteiger partial charge < -0.3 is 0 Å². The number of hydrogen-bond donors (Lipinski definition) is 0. The Kier molecular flexibility index (Phi) is 5.63. The van der Waals surface area contributed by atoms with Gasteiger partial charge in [-0.2, -0.15) is 5.26 Å². The average Bonchev–Trinajstić information content (AvgIpc) is 2.97. The number of anilines is 1. The molecule has 0 bridgehead atoms. The predicted octanol–water partition coefficient (Wildman–Crippen LogP) is 4.18. The second-order valence-electron chi connectivity index (χ2n) is 7.33. The summed E-state index contributed by atoms with van der Waals surface area (Å²) in [6, 6.07) is 9.38. The number of benzene rings is 1. The lowest BCUT2D eigenvalue weighted by Crippen LogP contribution is -2.31. The van der Waals surface area contributed by atoms with E-state index in [4.69, 9.17) is 4.98 Å². The third kappa shape index (κ3) is 4.03. The Balaban J connectivity index is 1.59. The molecule has 7 heteroatoms. The molecule has 0 radical (unpaired) electrons. The fraction of sp³-hybridized carbons (Fsp3) is 0.364. The molecule has 0 N–H and O–H groups in total. The van der Waals surface area contributed by atoms with Crippen LogP contribution in [0, 0.1) is 17.1 Å². The van der Waals surface area contributed by atoms with Gasteiger partial charge in [0.25, 0.3) is 0 Å². The van der Waals surface area contributed by atoms with Gasteiger partial charge in [-0.25, -0.2) is 14.3 Å². The van der Waals surface area contributed by atoms with E-state index in [0.29, 0.717) is 16.3 Å². The van der Waals surface area contributed by atoms with Crippen LogP contribution >= 0.6 is 11.8 Å². The van der Waals surface area contributed by atoms with E-state index in [9.17, 15) is 19.2 Å². The summed E-state index contributed by atoms with van der Waals surface area (Å²) in [4.78, 5) is 31.1. The molecule has 1 unspecified atom stereocenters. The van der Waals surface area contributed by atoms with E-state index in [-0.39, 0.29) is 18.2 Å². The Bertz CT molecular complexity index is 1000. The molecule has 148 valence electrons. The van der Waals surface area contributed by atoms with Crippen molar-refractivity contribution < 1.29 is 14.0 Å². The summed E-state index contributed by atoms with van der Waals surface area (Å²) in [5.74, 6) is -1.12. The fourth-order valence-corrected chi connectivity index (χ4v) is 4.93. The number of fused-ring (bicyclic) bond motifs is 1. The number of nitriles is 1. The van der Waals surface area contributed by atoms with Gasteiger partial charge in [0.1, 0.15) is 16.9 Å². The van der Waals surface area contributed by atoms with Crippen LogP contribution in [0.1, 0.15) is 48.9 Å². The molecule has 2 heterocycles. The summed E-state index contributed by atoms with van der Waals surface area (Å²) in [6.45, 7) is 0. The topological polar surface area (TPSA) is 74.1 Å².